The van der Waals surface area contributed by atoms with Crippen molar-refractivity contribution in [1.82, 2.24) is 19.3 Å². The van der Waals surface area contributed by atoms with Crippen LogP contribution in [0.25, 0.3) is 16.9 Å². The zero-order chi connectivity index (χ0) is 15.2. The molecule has 0 N–H and O–H groups in total. The van der Waals surface area contributed by atoms with Crippen molar-refractivity contribution in [3.8, 4) is 5.82 Å². The van der Waals surface area contributed by atoms with Gasteiger partial charge in [-0.2, -0.15) is 18.3 Å². The van der Waals surface area contributed by atoms with Crippen LogP contribution in [0, 0.1) is 0 Å². The number of halogens is 4. The van der Waals surface area contributed by atoms with Crippen LogP contribution in [0.15, 0.2) is 30.5 Å². The number of aryl methyl sites for hydroxylation is 1. The van der Waals surface area contributed by atoms with Crippen LogP contribution in [0.5, 0.6) is 0 Å². The predicted molar refractivity (Wildman–Crippen MR) is 72.4 cm³/mol. The van der Waals surface area contributed by atoms with Gasteiger partial charge >= 0.3 is 6.18 Å². The first-order valence-corrected chi connectivity index (χ1v) is 6.58. The molecule has 2 aromatic heterocycles. The Balaban J connectivity index is 2.24. The molecule has 0 fully saturated rings. The van der Waals surface area contributed by atoms with Gasteiger partial charge in [-0.3, -0.25) is 9.25 Å². The number of aromatic nitrogens is 4. The van der Waals surface area contributed by atoms with Crippen LogP contribution in [0.3, 0.4) is 0 Å². The zero-order valence-corrected chi connectivity index (χ0v) is 11.7. The Labute approximate surface area is 122 Å². The van der Waals surface area contributed by atoms with Crippen molar-refractivity contribution in [3.05, 3.63) is 41.9 Å². The Bertz CT molecular complexity index is 803. The van der Waals surface area contributed by atoms with Gasteiger partial charge in [0.05, 0.1) is 22.5 Å². The maximum Gasteiger partial charge on any atom is 0.416 e. The van der Waals surface area contributed by atoms with Gasteiger partial charge in [0.25, 0.3) is 0 Å². The molecular weight excluding hydrogens is 305 g/mol. The van der Waals surface area contributed by atoms with E-state index in [0.29, 0.717) is 17.2 Å². The minimum Gasteiger partial charge on any atom is -0.278 e. The summed E-state index contributed by atoms with van der Waals surface area (Å²) in [4.78, 5) is 4.17. The van der Waals surface area contributed by atoms with Crippen LogP contribution < -0.4 is 0 Å². The lowest BCUT2D eigenvalue weighted by Crippen LogP contribution is -2.04. The number of fused-ring (bicyclic) bond motifs is 1. The van der Waals surface area contributed by atoms with E-state index in [9.17, 15) is 13.2 Å². The molecule has 3 aromatic rings. The highest BCUT2D eigenvalue weighted by molar-refractivity contribution is 6.17. The molecule has 0 radical (unpaired) electrons. The van der Waals surface area contributed by atoms with Gasteiger partial charge in [0.2, 0.25) is 0 Å². The SMILES string of the molecule is Cn1ccc(-n2c(CCl)nc3cc(C(F)(F)F)ccc32)n1. The van der Waals surface area contributed by atoms with Gasteiger partial charge in [0, 0.05) is 19.3 Å². The van der Waals surface area contributed by atoms with Crippen LogP contribution in [-0.2, 0) is 19.1 Å². The number of hydrogen-bond donors (Lipinski definition) is 0. The summed E-state index contributed by atoms with van der Waals surface area (Å²) < 4.78 is 41.5. The van der Waals surface area contributed by atoms with E-state index < -0.39 is 11.7 Å². The van der Waals surface area contributed by atoms with Crippen LogP contribution in [-0.4, -0.2) is 19.3 Å². The second kappa shape index (κ2) is 4.77. The lowest BCUT2D eigenvalue weighted by molar-refractivity contribution is -0.137. The van der Waals surface area contributed by atoms with Crippen molar-refractivity contribution in [3.63, 3.8) is 0 Å². The van der Waals surface area contributed by atoms with Gasteiger partial charge < -0.3 is 0 Å². The van der Waals surface area contributed by atoms with E-state index in [1.807, 2.05) is 0 Å². The topological polar surface area (TPSA) is 35.6 Å². The maximum atomic E-state index is 12.8. The first kappa shape index (κ1) is 13.9. The molecule has 0 aliphatic carbocycles. The molecule has 0 aliphatic rings. The molecule has 0 atom stereocenters. The third-order valence-electron chi connectivity index (χ3n) is 3.10. The van der Waals surface area contributed by atoms with E-state index in [0.717, 1.165) is 12.1 Å². The second-order valence-electron chi connectivity index (χ2n) is 4.55. The Morgan fingerprint density at radius 1 is 1.24 bits per heavy atom. The molecule has 0 aliphatic heterocycles. The number of imidazole rings is 1. The smallest absolute Gasteiger partial charge is 0.278 e. The Morgan fingerprint density at radius 3 is 2.57 bits per heavy atom. The third-order valence-corrected chi connectivity index (χ3v) is 3.34. The molecule has 0 amide bonds. The van der Waals surface area contributed by atoms with E-state index in [1.54, 1.807) is 28.6 Å². The van der Waals surface area contributed by atoms with E-state index in [-0.39, 0.29) is 11.4 Å². The molecule has 110 valence electrons. The summed E-state index contributed by atoms with van der Waals surface area (Å²) in [5.41, 5.74) is 0.0465. The van der Waals surface area contributed by atoms with Gasteiger partial charge in [-0.1, -0.05) is 0 Å². The molecule has 8 heteroatoms. The summed E-state index contributed by atoms with van der Waals surface area (Å²) in [6, 6.07) is 5.18. The largest absolute Gasteiger partial charge is 0.416 e. The molecule has 21 heavy (non-hydrogen) atoms. The maximum absolute atomic E-state index is 12.8. The van der Waals surface area contributed by atoms with Gasteiger partial charge in [-0.25, -0.2) is 4.98 Å². The van der Waals surface area contributed by atoms with E-state index in [2.05, 4.69) is 10.1 Å². The molecule has 0 saturated heterocycles. The minimum atomic E-state index is -4.40. The van der Waals surface area contributed by atoms with Crippen molar-refractivity contribution >= 4 is 22.6 Å². The molecule has 4 nitrogen and oxygen atoms in total. The summed E-state index contributed by atoms with van der Waals surface area (Å²) in [6.45, 7) is 0. The highest BCUT2D eigenvalue weighted by atomic mass is 35.5. The van der Waals surface area contributed by atoms with Crippen molar-refractivity contribution in [2.75, 3.05) is 0 Å². The van der Waals surface area contributed by atoms with Crippen molar-refractivity contribution in [1.29, 1.82) is 0 Å². The van der Waals surface area contributed by atoms with Crippen LogP contribution in [0.4, 0.5) is 13.2 Å². The second-order valence-corrected chi connectivity index (χ2v) is 4.81. The molecule has 3 rings (SSSR count). The number of benzene rings is 1. The standard InChI is InChI=1S/C13H10ClF3N4/c1-20-5-4-11(19-20)21-10-3-2-8(13(15,16)17)6-9(10)18-12(21)7-14/h2-6H,7H2,1H3. The summed E-state index contributed by atoms with van der Waals surface area (Å²) in [5.74, 6) is 1.09. The monoisotopic (exact) mass is 314 g/mol. The number of alkyl halides is 4. The predicted octanol–water partition coefficient (Wildman–Crippen LogP) is 3.52. The van der Waals surface area contributed by atoms with E-state index in [1.165, 1.54) is 6.07 Å². The van der Waals surface area contributed by atoms with E-state index in [4.69, 9.17) is 11.6 Å². The highest BCUT2D eigenvalue weighted by Gasteiger charge is 2.31. The fourth-order valence-corrected chi connectivity index (χ4v) is 2.35. The highest BCUT2D eigenvalue weighted by Crippen LogP contribution is 2.32. The van der Waals surface area contributed by atoms with Gasteiger partial charge in [0.15, 0.2) is 5.82 Å². The first-order valence-electron chi connectivity index (χ1n) is 6.04. The Hall–Kier alpha value is -2.02. The molecule has 0 saturated carbocycles. The molecular formula is C13H10ClF3N4. The lowest BCUT2D eigenvalue weighted by Gasteiger charge is -2.07. The lowest BCUT2D eigenvalue weighted by atomic mass is 10.2. The van der Waals surface area contributed by atoms with Crippen molar-refractivity contribution < 1.29 is 13.2 Å². The first-order chi connectivity index (χ1) is 9.90. The molecule has 0 spiro atoms. The van der Waals surface area contributed by atoms with Crippen LogP contribution in [0.1, 0.15) is 11.4 Å². The van der Waals surface area contributed by atoms with Gasteiger partial charge in [-0.15, -0.1) is 11.6 Å². The Morgan fingerprint density at radius 2 is 2.00 bits per heavy atom. The fourth-order valence-electron chi connectivity index (χ4n) is 2.17. The van der Waals surface area contributed by atoms with Gasteiger partial charge in [-0.05, 0) is 18.2 Å². The number of nitrogens with zero attached hydrogens (tertiary/aromatic N) is 4. The third kappa shape index (κ3) is 2.37. The normalized spacial score (nSPS) is 12.2. The molecule has 1 aromatic carbocycles. The summed E-state index contributed by atoms with van der Waals surface area (Å²) in [6.07, 6.45) is -2.66. The average molecular weight is 315 g/mol. The quantitative estimate of drug-likeness (QED) is 0.679. The van der Waals surface area contributed by atoms with Crippen molar-refractivity contribution in [2.24, 2.45) is 7.05 Å². The van der Waals surface area contributed by atoms with Gasteiger partial charge in [0.1, 0.15) is 5.82 Å². The van der Waals surface area contributed by atoms with Crippen molar-refractivity contribution in [2.45, 2.75) is 12.1 Å². The zero-order valence-electron chi connectivity index (χ0n) is 10.9. The summed E-state index contributed by atoms with van der Waals surface area (Å²) in [7, 11) is 1.75. The summed E-state index contributed by atoms with van der Waals surface area (Å²) in [5, 5.41) is 4.24. The molecule has 2 heterocycles. The van der Waals surface area contributed by atoms with E-state index >= 15 is 0 Å². The number of hydrogen-bond acceptors (Lipinski definition) is 2. The minimum absolute atomic E-state index is 0.0760. The fraction of sp³-hybridized carbons (Fsp3) is 0.231. The molecule has 0 bridgehead atoms. The average Bonchev–Trinajstić information content (AvgIpc) is 2.99. The van der Waals surface area contributed by atoms with Crippen LogP contribution >= 0.6 is 11.6 Å². The molecule has 0 unspecified atom stereocenters. The Kier molecular flexibility index (Phi) is 3.16. The summed E-state index contributed by atoms with van der Waals surface area (Å²) >= 11 is 5.85. The van der Waals surface area contributed by atoms with Crippen LogP contribution in [0.2, 0.25) is 0 Å². The number of rotatable bonds is 2.